The van der Waals surface area contributed by atoms with Gasteiger partial charge in [-0.1, -0.05) is 18.2 Å². The quantitative estimate of drug-likeness (QED) is 0.299. The molecule has 3 aromatic rings. The molecule has 7 nitrogen and oxygen atoms in total. The highest BCUT2D eigenvalue weighted by Crippen LogP contribution is 2.40. The lowest BCUT2D eigenvalue weighted by Crippen LogP contribution is -2.10. The Kier molecular flexibility index (Phi) is 8.51. The number of carbonyl (C=O) groups excluding carboxylic acids is 1. The van der Waals surface area contributed by atoms with Gasteiger partial charge in [-0.15, -0.1) is 0 Å². The lowest BCUT2D eigenvalue weighted by atomic mass is 10.1. The number of carbonyl (C=O) groups is 1. The fourth-order valence-electron chi connectivity index (χ4n) is 3.40. The Morgan fingerprint density at radius 2 is 1.44 bits per heavy atom. The number of hydrogen-bond donors (Lipinski definition) is 2. The van der Waals surface area contributed by atoms with Crippen LogP contribution < -0.4 is 24.3 Å². The number of halogens is 2. The molecule has 0 unspecified atom stereocenters. The lowest BCUT2D eigenvalue weighted by Gasteiger charge is -2.14. The number of ether oxygens (including phenoxy) is 4. The van der Waals surface area contributed by atoms with Gasteiger partial charge >= 0.3 is 0 Å². The van der Waals surface area contributed by atoms with E-state index in [1.807, 2.05) is 0 Å². The van der Waals surface area contributed by atoms with Crippen LogP contribution in [0.2, 0.25) is 0 Å². The van der Waals surface area contributed by atoms with E-state index in [-0.39, 0.29) is 17.2 Å². The van der Waals surface area contributed by atoms with Crippen LogP contribution >= 0.6 is 0 Å². The maximum absolute atomic E-state index is 13.4. The second-order valence-electron chi connectivity index (χ2n) is 7.37. The van der Waals surface area contributed by atoms with Gasteiger partial charge in [0.05, 0.1) is 34.1 Å². The van der Waals surface area contributed by atoms with Crippen molar-refractivity contribution < 1.29 is 37.6 Å². The minimum Gasteiger partial charge on any atom is -0.504 e. The number of anilines is 1. The number of nitrogens with one attached hydrogen (secondary N) is 1. The first-order valence-corrected chi connectivity index (χ1v) is 10.6. The van der Waals surface area contributed by atoms with Crippen molar-refractivity contribution in [1.82, 2.24) is 0 Å². The SMILES string of the molecule is COc1cc(/C=C/c2ccc(O)c(OC)c2NC(=O)/C=C/c2ccc(F)c(F)c2)cc(OC)c1OC. The van der Waals surface area contributed by atoms with E-state index in [0.29, 0.717) is 33.9 Å². The molecule has 0 spiro atoms. The van der Waals surface area contributed by atoms with Crippen LogP contribution in [0.15, 0.2) is 48.5 Å². The van der Waals surface area contributed by atoms with Crippen LogP contribution in [0.4, 0.5) is 14.5 Å². The predicted molar refractivity (Wildman–Crippen MR) is 134 cm³/mol. The number of phenols is 1. The highest BCUT2D eigenvalue weighted by atomic mass is 19.2. The molecule has 0 atom stereocenters. The topological polar surface area (TPSA) is 86.2 Å². The van der Waals surface area contributed by atoms with Crippen molar-refractivity contribution in [2.45, 2.75) is 0 Å². The van der Waals surface area contributed by atoms with Crippen LogP contribution in [-0.2, 0) is 4.79 Å². The fourth-order valence-corrected chi connectivity index (χ4v) is 3.40. The van der Waals surface area contributed by atoms with Crippen LogP contribution in [0.3, 0.4) is 0 Å². The standard InChI is InChI=1S/C27H25F2NO6/c1-33-22-14-17(15-23(34-2)27(22)36-4)5-8-18-9-11-21(31)26(35-3)25(18)30-24(32)12-7-16-6-10-19(28)20(29)13-16/h5-15,31H,1-4H3,(H,30,32)/b8-5+,12-7+. The Hall–Kier alpha value is -4.53. The maximum Gasteiger partial charge on any atom is 0.248 e. The molecule has 0 heterocycles. The van der Waals surface area contributed by atoms with Gasteiger partial charge in [0.25, 0.3) is 0 Å². The van der Waals surface area contributed by atoms with Crippen molar-refractivity contribution in [1.29, 1.82) is 0 Å². The summed E-state index contributed by atoms with van der Waals surface area (Å²) in [6, 6.07) is 9.80. The monoisotopic (exact) mass is 497 g/mol. The van der Waals surface area contributed by atoms with E-state index < -0.39 is 17.5 Å². The van der Waals surface area contributed by atoms with Crippen LogP contribution in [0.25, 0.3) is 18.2 Å². The Morgan fingerprint density at radius 1 is 0.778 bits per heavy atom. The van der Waals surface area contributed by atoms with Gasteiger partial charge in [0, 0.05) is 11.6 Å². The highest BCUT2D eigenvalue weighted by Gasteiger charge is 2.16. The predicted octanol–water partition coefficient (Wildman–Crippen LogP) is 5.53. The third-order valence-electron chi connectivity index (χ3n) is 5.13. The summed E-state index contributed by atoms with van der Waals surface area (Å²) < 4.78 is 47.9. The number of benzene rings is 3. The summed E-state index contributed by atoms with van der Waals surface area (Å²) in [5.74, 6) is -1.32. The molecule has 0 fully saturated rings. The van der Waals surface area contributed by atoms with E-state index >= 15 is 0 Å². The summed E-state index contributed by atoms with van der Waals surface area (Å²) in [4.78, 5) is 12.6. The molecular weight excluding hydrogens is 472 g/mol. The van der Waals surface area contributed by atoms with Crippen molar-refractivity contribution >= 4 is 29.8 Å². The van der Waals surface area contributed by atoms with E-state index in [1.165, 1.54) is 46.6 Å². The van der Waals surface area contributed by atoms with Crippen LogP contribution in [-0.4, -0.2) is 39.5 Å². The van der Waals surface area contributed by atoms with Crippen molar-refractivity contribution in [3.05, 3.63) is 76.9 Å². The maximum atomic E-state index is 13.4. The zero-order valence-corrected chi connectivity index (χ0v) is 20.1. The summed E-state index contributed by atoms with van der Waals surface area (Å²) in [5.41, 5.74) is 1.75. The number of amides is 1. The highest BCUT2D eigenvalue weighted by molar-refractivity contribution is 6.04. The number of hydrogen-bond acceptors (Lipinski definition) is 6. The molecule has 0 saturated heterocycles. The third kappa shape index (κ3) is 5.93. The first kappa shape index (κ1) is 26.1. The third-order valence-corrected chi connectivity index (χ3v) is 5.13. The Bertz CT molecular complexity index is 1290. The molecule has 0 saturated carbocycles. The summed E-state index contributed by atoms with van der Waals surface area (Å²) >= 11 is 0. The van der Waals surface area contributed by atoms with E-state index in [2.05, 4.69) is 5.32 Å². The Morgan fingerprint density at radius 3 is 2.03 bits per heavy atom. The molecule has 0 aliphatic carbocycles. The molecule has 0 aliphatic heterocycles. The molecule has 0 radical (unpaired) electrons. The first-order chi connectivity index (χ1) is 17.3. The fraction of sp³-hybridized carbons (Fsp3) is 0.148. The smallest absolute Gasteiger partial charge is 0.248 e. The Balaban J connectivity index is 1.93. The minimum atomic E-state index is -1.02. The van der Waals surface area contributed by atoms with Crippen LogP contribution in [0.5, 0.6) is 28.7 Å². The molecule has 188 valence electrons. The van der Waals surface area contributed by atoms with Crippen molar-refractivity contribution in [3.63, 3.8) is 0 Å². The number of aromatic hydroxyl groups is 1. The van der Waals surface area contributed by atoms with Crippen LogP contribution in [0.1, 0.15) is 16.7 Å². The largest absolute Gasteiger partial charge is 0.504 e. The number of phenolic OH excluding ortho intramolecular Hbond substituents is 1. The summed E-state index contributed by atoms with van der Waals surface area (Å²) in [7, 11) is 5.89. The van der Waals surface area contributed by atoms with Gasteiger partial charge in [-0.05, 0) is 53.6 Å². The van der Waals surface area contributed by atoms with Gasteiger partial charge in [0.1, 0.15) is 0 Å². The molecule has 0 aromatic heterocycles. The van der Waals surface area contributed by atoms with Gasteiger partial charge in [-0.3, -0.25) is 4.79 Å². The molecule has 3 aromatic carbocycles. The van der Waals surface area contributed by atoms with Gasteiger partial charge in [-0.25, -0.2) is 8.78 Å². The Labute approximate surface area is 207 Å². The summed E-state index contributed by atoms with van der Waals surface area (Å²) in [6.45, 7) is 0. The first-order valence-electron chi connectivity index (χ1n) is 10.6. The molecular formula is C27H25F2NO6. The zero-order chi connectivity index (χ0) is 26.2. The van der Waals surface area contributed by atoms with Gasteiger partial charge in [0.15, 0.2) is 34.6 Å². The van der Waals surface area contributed by atoms with Gasteiger partial charge in [0.2, 0.25) is 11.7 Å². The lowest BCUT2D eigenvalue weighted by molar-refractivity contribution is -0.111. The van der Waals surface area contributed by atoms with E-state index in [4.69, 9.17) is 18.9 Å². The minimum absolute atomic E-state index is 0.0524. The normalized spacial score (nSPS) is 11.1. The molecule has 36 heavy (non-hydrogen) atoms. The summed E-state index contributed by atoms with van der Waals surface area (Å²) in [5, 5.41) is 12.9. The second kappa shape index (κ2) is 11.7. The second-order valence-corrected chi connectivity index (χ2v) is 7.37. The zero-order valence-electron chi connectivity index (χ0n) is 20.1. The van der Waals surface area contributed by atoms with Crippen molar-refractivity contribution in [3.8, 4) is 28.7 Å². The van der Waals surface area contributed by atoms with Crippen LogP contribution in [0, 0.1) is 11.6 Å². The molecule has 0 bridgehead atoms. The number of methoxy groups -OCH3 is 4. The van der Waals surface area contributed by atoms with Crippen molar-refractivity contribution in [2.24, 2.45) is 0 Å². The molecule has 2 N–H and O–H groups in total. The molecule has 9 heteroatoms. The number of rotatable bonds is 9. The molecule has 0 aliphatic rings. The van der Waals surface area contributed by atoms with Gasteiger partial charge in [-0.2, -0.15) is 0 Å². The average Bonchev–Trinajstić information content (AvgIpc) is 2.88. The van der Waals surface area contributed by atoms with Gasteiger partial charge < -0.3 is 29.4 Å². The van der Waals surface area contributed by atoms with E-state index in [9.17, 15) is 18.7 Å². The summed E-state index contributed by atoms with van der Waals surface area (Å²) in [6.07, 6.45) is 5.95. The van der Waals surface area contributed by atoms with Crippen molar-refractivity contribution in [2.75, 3.05) is 33.8 Å². The van der Waals surface area contributed by atoms with E-state index in [0.717, 1.165) is 18.2 Å². The molecule has 1 amide bonds. The van der Waals surface area contributed by atoms with E-state index in [1.54, 1.807) is 30.4 Å². The average molecular weight is 497 g/mol. The molecule has 3 rings (SSSR count).